The van der Waals surface area contributed by atoms with Crippen LogP contribution in [0.1, 0.15) is 0 Å². The van der Waals surface area contributed by atoms with Crippen molar-refractivity contribution in [2.75, 3.05) is 0 Å². The molecule has 0 spiro atoms. The molecule has 0 radical (unpaired) electrons. The van der Waals surface area contributed by atoms with Gasteiger partial charge in [-0.15, -0.1) is 0 Å². The topological polar surface area (TPSA) is 28.9 Å². The standard InChI is InChI=1S/C14H9NO/c1-3-9-7-8-16-12-6-2-5-11-14(12)13(9)10(4-1)15-11/h1-8,15H. The highest BCUT2D eigenvalue weighted by Gasteiger charge is 2.09. The highest BCUT2D eigenvalue weighted by Crippen LogP contribution is 2.32. The maximum atomic E-state index is 5.62. The lowest BCUT2D eigenvalue weighted by Gasteiger charge is -1.92. The molecule has 4 rings (SSSR count). The third kappa shape index (κ3) is 0.865. The lowest BCUT2D eigenvalue weighted by Crippen LogP contribution is -1.67. The summed E-state index contributed by atoms with van der Waals surface area (Å²) in [6.07, 6.45) is 1.75. The number of rotatable bonds is 0. The van der Waals surface area contributed by atoms with Crippen molar-refractivity contribution in [3.63, 3.8) is 0 Å². The van der Waals surface area contributed by atoms with Crippen LogP contribution in [0.4, 0.5) is 0 Å². The van der Waals surface area contributed by atoms with E-state index in [0.29, 0.717) is 0 Å². The quantitative estimate of drug-likeness (QED) is 0.462. The van der Waals surface area contributed by atoms with Crippen LogP contribution < -0.4 is 0 Å². The van der Waals surface area contributed by atoms with Crippen LogP contribution in [-0.4, -0.2) is 4.98 Å². The Morgan fingerprint density at radius 2 is 1.62 bits per heavy atom. The summed E-state index contributed by atoms with van der Waals surface area (Å²) in [7, 11) is 0. The van der Waals surface area contributed by atoms with Gasteiger partial charge in [0.1, 0.15) is 5.58 Å². The molecule has 0 saturated carbocycles. The average Bonchev–Trinajstić information content (AvgIpc) is 2.57. The summed E-state index contributed by atoms with van der Waals surface area (Å²) in [6, 6.07) is 14.4. The van der Waals surface area contributed by atoms with E-state index in [1.54, 1.807) is 6.26 Å². The van der Waals surface area contributed by atoms with E-state index in [1.807, 2.05) is 18.2 Å². The largest absolute Gasteiger partial charge is 0.464 e. The number of nitrogens with one attached hydrogen (secondary N) is 1. The van der Waals surface area contributed by atoms with E-state index in [4.69, 9.17) is 4.42 Å². The Morgan fingerprint density at radius 1 is 0.812 bits per heavy atom. The average molecular weight is 207 g/mol. The second kappa shape index (κ2) is 2.67. The summed E-state index contributed by atoms with van der Waals surface area (Å²) < 4.78 is 5.62. The van der Waals surface area contributed by atoms with Gasteiger partial charge in [0.2, 0.25) is 0 Å². The highest BCUT2D eigenvalue weighted by atomic mass is 16.3. The fraction of sp³-hybridized carbons (Fsp3) is 0. The Morgan fingerprint density at radius 3 is 2.56 bits per heavy atom. The van der Waals surface area contributed by atoms with E-state index in [1.165, 1.54) is 16.2 Å². The molecule has 2 aromatic heterocycles. The molecule has 0 aliphatic rings. The van der Waals surface area contributed by atoms with Crippen LogP contribution in [0, 0.1) is 0 Å². The summed E-state index contributed by atoms with van der Waals surface area (Å²) in [6.45, 7) is 0. The molecule has 0 aliphatic carbocycles. The predicted octanol–water partition coefficient (Wildman–Crippen LogP) is 4.07. The molecule has 0 bridgehead atoms. The second-order valence-corrected chi connectivity index (χ2v) is 3.99. The van der Waals surface area contributed by atoms with Crippen molar-refractivity contribution < 1.29 is 4.42 Å². The highest BCUT2D eigenvalue weighted by molar-refractivity contribution is 6.20. The van der Waals surface area contributed by atoms with Gasteiger partial charge in [-0.2, -0.15) is 0 Å². The minimum atomic E-state index is 0.921. The molecule has 4 aromatic rings. The van der Waals surface area contributed by atoms with Gasteiger partial charge in [0.15, 0.2) is 0 Å². The normalized spacial score (nSPS) is 11.8. The van der Waals surface area contributed by atoms with Crippen molar-refractivity contribution in [2.45, 2.75) is 0 Å². The summed E-state index contributed by atoms with van der Waals surface area (Å²) in [5.74, 6) is 0. The first-order valence-corrected chi connectivity index (χ1v) is 5.30. The van der Waals surface area contributed by atoms with Crippen LogP contribution in [0.15, 0.2) is 53.1 Å². The van der Waals surface area contributed by atoms with E-state index in [-0.39, 0.29) is 0 Å². The van der Waals surface area contributed by atoms with Gasteiger partial charge in [0, 0.05) is 10.9 Å². The Kier molecular flexibility index (Phi) is 1.33. The Bertz CT molecular complexity index is 742. The van der Waals surface area contributed by atoms with Crippen molar-refractivity contribution in [1.82, 2.24) is 4.98 Å². The molecule has 16 heavy (non-hydrogen) atoms. The Hall–Kier alpha value is -2.22. The van der Waals surface area contributed by atoms with Crippen LogP contribution in [-0.2, 0) is 0 Å². The van der Waals surface area contributed by atoms with Crippen molar-refractivity contribution in [3.05, 3.63) is 48.7 Å². The Labute approximate surface area is 91.5 Å². The van der Waals surface area contributed by atoms with E-state index < -0.39 is 0 Å². The van der Waals surface area contributed by atoms with E-state index >= 15 is 0 Å². The summed E-state index contributed by atoms with van der Waals surface area (Å²) in [4.78, 5) is 3.41. The zero-order valence-electron chi connectivity index (χ0n) is 8.53. The molecule has 2 nitrogen and oxygen atoms in total. The fourth-order valence-electron chi connectivity index (χ4n) is 2.41. The monoisotopic (exact) mass is 207 g/mol. The third-order valence-electron chi connectivity index (χ3n) is 3.08. The molecule has 76 valence electrons. The van der Waals surface area contributed by atoms with Crippen LogP contribution in [0.3, 0.4) is 0 Å². The number of hydrogen-bond donors (Lipinski definition) is 1. The minimum Gasteiger partial charge on any atom is -0.464 e. The zero-order chi connectivity index (χ0) is 10.5. The van der Waals surface area contributed by atoms with Crippen LogP contribution >= 0.6 is 0 Å². The van der Waals surface area contributed by atoms with Crippen LogP contribution in [0.2, 0.25) is 0 Å². The number of aromatic nitrogens is 1. The molecule has 2 heterocycles. The van der Waals surface area contributed by atoms with Crippen molar-refractivity contribution in [3.8, 4) is 0 Å². The van der Waals surface area contributed by atoms with E-state index in [2.05, 4.69) is 29.2 Å². The smallest absolute Gasteiger partial charge is 0.136 e. The molecular formula is C14H9NO. The number of aromatic amines is 1. The molecule has 2 aromatic carbocycles. The summed E-state index contributed by atoms with van der Waals surface area (Å²) >= 11 is 0. The lowest BCUT2D eigenvalue weighted by molar-refractivity contribution is 0.608. The zero-order valence-corrected chi connectivity index (χ0v) is 8.53. The molecular weight excluding hydrogens is 198 g/mol. The van der Waals surface area contributed by atoms with Crippen LogP contribution in [0.25, 0.3) is 32.8 Å². The minimum absolute atomic E-state index is 0.921. The van der Waals surface area contributed by atoms with E-state index in [9.17, 15) is 0 Å². The van der Waals surface area contributed by atoms with Crippen molar-refractivity contribution >= 4 is 32.8 Å². The van der Waals surface area contributed by atoms with E-state index in [0.717, 1.165) is 16.6 Å². The molecule has 0 fully saturated rings. The second-order valence-electron chi connectivity index (χ2n) is 3.99. The fourth-order valence-corrected chi connectivity index (χ4v) is 2.41. The van der Waals surface area contributed by atoms with Gasteiger partial charge in [0.05, 0.1) is 17.2 Å². The molecule has 0 saturated heterocycles. The summed E-state index contributed by atoms with van der Waals surface area (Å²) in [5.41, 5.74) is 3.21. The van der Waals surface area contributed by atoms with Gasteiger partial charge in [-0.05, 0) is 29.7 Å². The third-order valence-corrected chi connectivity index (χ3v) is 3.08. The van der Waals surface area contributed by atoms with Gasteiger partial charge in [-0.3, -0.25) is 0 Å². The maximum Gasteiger partial charge on any atom is 0.136 e. The van der Waals surface area contributed by atoms with Gasteiger partial charge < -0.3 is 9.40 Å². The molecule has 0 atom stereocenters. The van der Waals surface area contributed by atoms with Crippen molar-refractivity contribution in [1.29, 1.82) is 0 Å². The van der Waals surface area contributed by atoms with Crippen LogP contribution in [0.5, 0.6) is 0 Å². The first-order chi connectivity index (χ1) is 7.93. The number of hydrogen-bond acceptors (Lipinski definition) is 1. The van der Waals surface area contributed by atoms with Gasteiger partial charge in [-0.25, -0.2) is 0 Å². The number of H-pyrrole nitrogens is 1. The molecule has 0 aliphatic heterocycles. The molecule has 0 unspecified atom stereocenters. The Balaban J connectivity index is 2.55. The van der Waals surface area contributed by atoms with Gasteiger partial charge in [0.25, 0.3) is 0 Å². The van der Waals surface area contributed by atoms with Gasteiger partial charge in [-0.1, -0.05) is 18.2 Å². The predicted molar refractivity (Wildman–Crippen MR) is 65.6 cm³/mol. The first-order valence-electron chi connectivity index (χ1n) is 5.30. The number of benzene rings is 2. The first kappa shape index (κ1) is 7.99. The SMILES string of the molecule is c1cc2ccoc3cccc4[nH]c(c1)c2c43. The lowest BCUT2D eigenvalue weighted by atomic mass is 10.1. The van der Waals surface area contributed by atoms with Crippen molar-refractivity contribution in [2.24, 2.45) is 0 Å². The molecule has 2 heteroatoms. The maximum absolute atomic E-state index is 5.62. The molecule has 1 N–H and O–H groups in total. The molecule has 0 amide bonds. The van der Waals surface area contributed by atoms with Gasteiger partial charge >= 0.3 is 0 Å². The summed E-state index contributed by atoms with van der Waals surface area (Å²) in [5, 5.41) is 3.63.